The van der Waals surface area contributed by atoms with Crippen LogP contribution >= 0.6 is 0 Å². The molecule has 0 spiro atoms. The van der Waals surface area contributed by atoms with Gasteiger partial charge in [-0.05, 0) is 82.7 Å². The first-order valence-electron chi connectivity index (χ1n) is 10.4. The minimum Gasteiger partial charge on any atom is -0.365 e. The van der Waals surface area contributed by atoms with E-state index >= 15 is 0 Å². The Labute approximate surface area is 172 Å². The van der Waals surface area contributed by atoms with Crippen molar-refractivity contribution >= 4 is 12.6 Å². The number of carbonyl (C=O) groups excluding carboxylic acids is 1. The number of hydrogen-bond acceptors (Lipinski definition) is 3. The van der Waals surface area contributed by atoms with E-state index in [1.54, 1.807) is 0 Å². The number of amides is 1. The summed E-state index contributed by atoms with van der Waals surface area (Å²) in [6.45, 7) is 13.3. The summed E-state index contributed by atoms with van der Waals surface area (Å²) in [6.07, 6.45) is 2.22. The normalized spacial score (nSPS) is 26.9. The number of piperidine rings is 1. The maximum atomic E-state index is 13.4. The summed E-state index contributed by atoms with van der Waals surface area (Å²) in [5.41, 5.74) is 3.86. The van der Waals surface area contributed by atoms with E-state index in [2.05, 4.69) is 24.0 Å². The van der Waals surface area contributed by atoms with Crippen molar-refractivity contribution in [3.8, 4) is 0 Å². The predicted octanol–water partition coefficient (Wildman–Crippen LogP) is 4.41. The lowest BCUT2D eigenvalue weighted by Crippen LogP contribution is -2.34. The highest BCUT2D eigenvalue weighted by Crippen LogP contribution is 2.58. The Bertz CT molecular complexity index is 895. The van der Waals surface area contributed by atoms with E-state index in [4.69, 9.17) is 0 Å². The molecule has 1 amide bonds. The molecule has 4 rings (SSSR count). The molecule has 1 N–H and O–H groups in total. The SMILES string of the molecule is C=N/C(NC1(C)CC1)=C(\C)C(C(=O)N1C[C@@H]2[C@H](C1)[C@H]2c1ccc(F)cc1)=C(C)C. The lowest BCUT2D eigenvalue weighted by Gasteiger charge is -2.24. The smallest absolute Gasteiger partial charge is 0.254 e. The molecule has 4 nitrogen and oxygen atoms in total. The number of aliphatic imine (C=N–C) groups is 1. The third-order valence-corrected chi connectivity index (χ3v) is 6.76. The van der Waals surface area contributed by atoms with Crippen LogP contribution in [0.5, 0.6) is 0 Å². The average Bonchev–Trinajstić information content (AvgIpc) is 3.53. The third-order valence-electron chi connectivity index (χ3n) is 6.76. The molecule has 154 valence electrons. The van der Waals surface area contributed by atoms with Crippen molar-refractivity contribution in [2.24, 2.45) is 16.8 Å². The van der Waals surface area contributed by atoms with Crippen molar-refractivity contribution < 1.29 is 9.18 Å². The Morgan fingerprint density at radius 1 is 1.17 bits per heavy atom. The zero-order valence-corrected chi connectivity index (χ0v) is 17.8. The molecule has 0 aromatic heterocycles. The van der Waals surface area contributed by atoms with Crippen LogP contribution in [0.1, 0.15) is 52.0 Å². The Morgan fingerprint density at radius 2 is 1.76 bits per heavy atom. The maximum Gasteiger partial charge on any atom is 0.254 e. The molecule has 29 heavy (non-hydrogen) atoms. The molecule has 2 aliphatic carbocycles. The Hall–Kier alpha value is -2.43. The number of rotatable bonds is 6. The lowest BCUT2D eigenvalue weighted by atomic mass is 10.00. The fourth-order valence-electron chi connectivity index (χ4n) is 4.75. The average molecular weight is 396 g/mol. The highest BCUT2D eigenvalue weighted by Gasteiger charge is 2.57. The van der Waals surface area contributed by atoms with Crippen molar-refractivity contribution in [1.82, 2.24) is 10.2 Å². The minimum atomic E-state index is -0.202. The molecule has 0 unspecified atom stereocenters. The summed E-state index contributed by atoms with van der Waals surface area (Å²) < 4.78 is 13.2. The van der Waals surface area contributed by atoms with Crippen LogP contribution in [0.4, 0.5) is 4.39 Å². The number of fused-ring (bicyclic) bond motifs is 1. The van der Waals surface area contributed by atoms with Crippen LogP contribution in [0.3, 0.4) is 0 Å². The van der Waals surface area contributed by atoms with Gasteiger partial charge in [-0.15, -0.1) is 0 Å². The molecule has 0 bridgehead atoms. The zero-order valence-electron chi connectivity index (χ0n) is 17.8. The first-order chi connectivity index (χ1) is 13.7. The standard InChI is InChI=1S/C24H30FN3O/c1-14(2)20(15(3)22(26-5)27-24(4)10-11-24)23(29)28-12-18-19(13-28)21(18)16-6-8-17(25)9-7-16/h6-9,18-19,21,27H,5,10-13H2,1-4H3/b22-15-/t18-,19+,21+. The maximum absolute atomic E-state index is 13.4. The van der Waals surface area contributed by atoms with E-state index in [1.165, 1.54) is 17.7 Å². The Balaban J connectivity index is 1.48. The van der Waals surface area contributed by atoms with E-state index in [-0.39, 0.29) is 17.3 Å². The monoisotopic (exact) mass is 395 g/mol. The van der Waals surface area contributed by atoms with Crippen molar-refractivity contribution in [1.29, 1.82) is 0 Å². The first-order valence-corrected chi connectivity index (χ1v) is 10.4. The summed E-state index contributed by atoms with van der Waals surface area (Å²) in [6, 6.07) is 6.81. The predicted molar refractivity (Wildman–Crippen MR) is 114 cm³/mol. The molecule has 1 aliphatic heterocycles. The van der Waals surface area contributed by atoms with Gasteiger partial charge in [0.1, 0.15) is 11.6 Å². The van der Waals surface area contributed by atoms with Gasteiger partial charge in [0, 0.05) is 29.8 Å². The van der Waals surface area contributed by atoms with Crippen LogP contribution in [0.15, 0.2) is 51.8 Å². The summed E-state index contributed by atoms with van der Waals surface area (Å²) in [5, 5.41) is 3.46. The summed E-state index contributed by atoms with van der Waals surface area (Å²) in [7, 11) is 0. The quantitative estimate of drug-likeness (QED) is 0.441. The Morgan fingerprint density at radius 3 is 2.24 bits per heavy atom. The van der Waals surface area contributed by atoms with Crippen molar-refractivity contribution in [3.05, 3.63) is 58.2 Å². The molecular weight excluding hydrogens is 365 g/mol. The van der Waals surface area contributed by atoms with Gasteiger partial charge >= 0.3 is 0 Å². The van der Waals surface area contributed by atoms with E-state index in [0.29, 0.717) is 23.6 Å². The fourth-order valence-corrected chi connectivity index (χ4v) is 4.75. The molecule has 3 aliphatic rings. The van der Waals surface area contributed by atoms with E-state index in [1.807, 2.05) is 37.8 Å². The van der Waals surface area contributed by atoms with E-state index in [0.717, 1.165) is 42.7 Å². The van der Waals surface area contributed by atoms with Gasteiger partial charge in [0.05, 0.1) is 0 Å². The first kappa shape index (κ1) is 19.9. The van der Waals surface area contributed by atoms with Crippen LogP contribution in [0, 0.1) is 17.7 Å². The van der Waals surface area contributed by atoms with Gasteiger partial charge in [-0.25, -0.2) is 9.38 Å². The second-order valence-electron chi connectivity index (χ2n) is 9.31. The van der Waals surface area contributed by atoms with Gasteiger partial charge in [0.2, 0.25) is 0 Å². The van der Waals surface area contributed by atoms with Gasteiger partial charge in [0.15, 0.2) is 0 Å². The topological polar surface area (TPSA) is 44.7 Å². The largest absolute Gasteiger partial charge is 0.365 e. The number of allylic oxidation sites excluding steroid dienone is 1. The van der Waals surface area contributed by atoms with Crippen LogP contribution in [0.2, 0.25) is 0 Å². The number of carbonyl (C=O) groups is 1. The van der Waals surface area contributed by atoms with Gasteiger partial charge < -0.3 is 10.2 Å². The Kier molecular flexibility index (Phi) is 4.88. The van der Waals surface area contributed by atoms with Crippen LogP contribution in [-0.2, 0) is 4.79 Å². The van der Waals surface area contributed by atoms with Crippen LogP contribution in [0.25, 0.3) is 0 Å². The van der Waals surface area contributed by atoms with Crippen LogP contribution < -0.4 is 5.32 Å². The number of halogens is 1. The highest BCUT2D eigenvalue weighted by molar-refractivity contribution is 5.98. The van der Waals surface area contributed by atoms with E-state index in [9.17, 15) is 9.18 Å². The van der Waals surface area contributed by atoms with Crippen molar-refractivity contribution in [2.75, 3.05) is 13.1 Å². The molecule has 3 atom stereocenters. The highest BCUT2D eigenvalue weighted by atomic mass is 19.1. The number of nitrogens with zero attached hydrogens (tertiary/aromatic N) is 2. The molecule has 1 aromatic rings. The summed E-state index contributed by atoms with van der Waals surface area (Å²) in [4.78, 5) is 19.5. The fraction of sp³-hybridized carbons (Fsp3) is 0.500. The number of benzene rings is 1. The summed E-state index contributed by atoms with van der Waals surface area (Å²) >= 11 is 0. The molecule has 1 saturated heterocycles. The zero-order chi connectivity index (χ0) is 20.9. The van der Waals surface area contributed by atoms with Gasteiger partial charge in [-0.3, -0.25) is 4.79 Å². The van der Waals surface area contributed by atoms with Gasteiger partial charge in [0.25, 0.3) is 5.91 Å². The van der Waals surface area contributed by atoms with Crippen molar-refractivity contribution in [3.63, 3.8) is 0 Å². The molecular formula is C24H30FN3O. The molecule has 1 heterocycles. The lowest BCUT2D eigenvalue weighted by molar-refractivity contribution is -0.126. The van der Waals surface area contributed by atoms with E-state index < -0.39 is 0 Å². The van der Waals surface area contributed by atoms with Crippen molar-refractivity contribution in [2.45, 2.75) is 52.0 Å². The van der Waals surface area contributed by atoms with Crippen LogP contribution in [-0.4, -0.2) is 36.2 Å². The molecule has 5 heteroatoms. The van der Waals surface area contributed by atoms with Gasteiger partial charge in [-0.2, -0.15) is 0 Å². The minimum absolute atomic E-state index is 0.0746. The summed E-state index contributed by atoms with van der Waals surface area (Å²) in [5.74, 6) is 2.00. The molecule has 1 aromatic carbocycles. The molecule has 2 saturated carbocycles. The number of hydrogen-bond donors (Lipinski definition) is 1. The number of likely N-dealkylation sites (tertiary alicyclic amines) is 1. The number of nitrogens with one attached hydrogen (secondary N) is 1. The second-order valence-corrected chi connectivity index (χ2v) is 9.31. The molecule has 0 radical (unpaired) electrons. The molecule has 3 fully saturated rings. The second kappa shape index (κ2) is 7.12. The van der Waals surface area contributed by atoms with Gasteiger partial charge in [-0.1, -0.05) is 17.7 Å². The third kappa shape index (κ3) is 3.75.